The van der Waals surface area contributed by atoms with Gasteiger partial charge in [-0.25, -0.2) is 0 Å². The van der Waals surface area contributed by atoms with Crippen LogP contribution in [-0.4, -0.2) is 40.6 Å². The number of aliphatic hydroxyl groups is 1. The predicted molar refractivity (Wildman–Crippen MR) is 57.9 cm³/mol. The Morgan fingerprint density at radius 1 is 1.80 bits per heavy atom. The predicted octanol–water partition coefficient (Wildman–Crippen LogP) is -0.290. The van der Waals surface area contributed by atoms with Crippen molar-refractivity contribution in [1.29, 1.82) is 0 Å². The number of nitrogens with two attached hydrogens (primary N) is 1. The number of amides is 1. The quantitative estimate of drug-likeness (QED) is 0.615. The van der Waals surface area contributed by atoms with Crippen LogP contribution in [0.2, 0.25) is 0 Å². The van der Waals surface area contributed by atoms with Crippen molar-refractivity contribution in [2.45, 2.75) is 37.8 Å². The highest BCUT2D eigenvalue weighted by atomic mass is 16.3. The Hall–Kier alpha value is -1.05. The van der Waals surface area contributed by atoms with E-state index in [-0.39, 0.29) is 12.3 Å². The monoisotopic (exact) mass is 210 g/mol. The second kappa shape index (κ2) is 4.65. The van der Waals surface area contributed by atoms with Crippen molar-refractivity contribution in [2.75, 3.05) is 13.1 Å². The Bertz CT molecular complexity index is 281. The highest BCUT2D eigenvalue weighted by Gasteiger charge is 2.32. The second-order valence-electron chi connectivity index (χ2n) is 4.38. The Kier molecular flexibility index (Phi) is 3.72. The normalized spacial score (nSPS) is 28.3. The minimum absolute atomic E-state index is 0.159. The van der Waals surface area contributed by atoms with Gasteiger partial charge in [0.05, 0.1) is 11.6 Å². The highest BCUT2D eigenvalue weighted by molar-refractivity contribution is 5.82. The van der Waals surface area contributed by atoms with Crippen molar-refractivity contribution < 1.29 is 9.90 Å². The average Bonchev–Trinajstić information content (AvgIpc) is 2.15. The molecule has 0 aromatic rings. The van der Waals surface area contributed by atoms with E-state index in [2.05, 4.69) is 5.92 Å². The third kappa shape index (κ3) is 3.22. The summed E-state index contributed by atoms with van der Waals surface area (Å²) in [6, 6.07) is -0.635. The maximum Gasteiger partial charge on any atom is 0.240 e. The van der Waals surface area contributed by atoms with Gasteiger partial charge < -0.3 is 15.7 Å². The molecule has 0 aromatic carbocycles. The molecular formula is C11H18N2O2. The Labute approximate surface area is 90.4 Å². The molecule has 1 fully saturated rings. The Balaban J connectivity index is 2.57. The fourth-order valence-electron chi connectivity index (χ4n) is 1.86. The molecule has 1 rings (SSSR count). The van der Waals surface area contributed by atoms with E-state index in [0.717, 1.165) is 12.8 Å². The van der Waals surface area contributed by atoms with E-state index in [1.54, 1.807) is 11.8 Å². The number of carbonyl (C=O) groups excluding carboxylic acids is 1. The van der Waals surface area contributed by atoms with Gasteiger partial charge in [-0.1, -0.05) is 0 Å². The van der Waals surface area contributed by atoms with Gasteiger partial charge >= 0.3 is 0 Å². The summed E-state index contributed by atoms with van der Waals surface area (Å²) < 4.78 is 0. The number of piperidine rings is 1. The molecule has 3 N–H and O–H groups in total. The zero-order chi connectivity index (χ0) is 11.5. The summed E-state index contributed by atoms with van der Waals surface area (Å²) in [6.07, 6.45) is 6.88. The maximum absolute atomic E-state index is 11.8. The molecule has 1 aliphatic heterocycles. The van der Waals surface area contributed by atoms with Crippen LogP contribution in [0.3, 0.4) is 0 Å². The van der Waals surface area contributed by atoms with E-state index in [1.165, 1.54) is 0 Å². The lowest BCUT2D eigenvalue weighted by Crippen LogP contribution is -2.53. The molecular weight excluding hydrogens is 192 g/mol. The first kappa shape index (κ1) is 12.0. The molecule has 2 atom stereocenters. The van der Waals surface area contributed by atoms with Crippen LogP contribution in [0.15, 0.2) is 0 Å². The number of rotatable bonds is 2. The Morgan fingerprint density at radius 2 is 2.47 bits per heavy atom. The molecule has 0 saturated carbocycles. The number of β-amino-alcohol motifs (C(OH)–C–C–N with tert-alkyl or cyclic N) is 1. The summed E-state index contributed by atoms with van der Waals surface area (Å²) in [7, 11) is 0. The number of likely N-dealkylation sites (tertiary alicyclic amines) is 1. The van der Waals surface area contributed by atoms with Crippen molar-refractivity contribution in [3.8, 4) is 12.3 Å². The molecule has 84 valence electrons. The second-order valence-corrected chi connectivity index (χ2v) is 4.38. The van der Waals surface area contributed by atoms with E-state index in [4.69, 9.17) is 12.2 Å². The highest BCUT2D eigenvalue weighted by Crippen LogP contribution is 2.20. The van der Waals surface area contributed by atoms with Gasteiger partial charge in [0.15, 0.2) is 0 Å². The lowest BCUT2D eigenvalue weighted by Gasteiger charge is -2.37. The minimum atomic E-state index is -0.788. The van der Waals surface area contributed by atoms with Crippen LogP contribution in [0.1, 0.15) is 26.2 Å². The van der Waals surface area contributed by atoms with Crippen molar-refractivity contribution >= 4 is 5.91 Å². The molecule has 1 heterocycles. The summed E-state index contributed by atoms with van der Waals surface area (Å²) >= 11 is 0. The zero-order valence-electron chi connectivity index (χ0n) is 9.07. The number of carbonyl (C=O) groups is 1. The smallest absolute Gasteiger partial charge is 0.240 e. The number of terminal acetylenes is 1. The standard InChI is InChI=1S/C11H18N2O2/c1-3-5-9(12)10(14)13-7-4-6-11(2,15)8-13/h1,9,15H,4-8,12H2,2H3. The van der Waals surface area contributed by atoms with Gasteiger partial charge in [0.2, 0.25) is 5.91 Å². The summed E-state index contributed by atoms with van der Waals surface area (Å²) in [5, 5.41) is 9.83. The fraction of sp³-hybridized carbons (Fsp3) is 0.727. The van der Waals surface area contributed by atoms with Crippen LogP contribution in [0, 0.1) is 12.3 Å². The number of hydrogen-bond acceptors (Lipinski definition) is 3. The van der Waals surface area contributed by atoms with Crippen LogP contribution in [0.25, 0.3) is 0 Å². The molecule has 1 aliphatic rings. The molecule has 1 saturated heterocycles. The van der Waals surface area contributed by atoms with E-state index in [1.807, 2.05) is 0 Å². The molecule has 1 amide bonds. The van der Waals surface area contributed by atoms with Crippen molar-refractivity contribution in [3.63, 3.8) is 0 Å². The first-order valence-corrected chi connectivity index (χ1v) is 5.16. The first-order valence-electron chi connectivity index (χ1n) is 5.16. The summed E-state index contributed by atoms with van der Waals surface area (Å²) in [5.41, 5.74) is 4.84. The van der Waals surface area contributed by atoms with Gasteiger partial charge in [0.25, 0.3) is 0 Å². The van der Waals surface area contributed by atoms with Gasteiger partial charge in [0.1, 0.15) is 0 Å². The third-order valence-corrected chi connectivity index (χ3v) is 2.64. The molecule has 4 heteroatoms. The summed E-state index contributed by atoms with van der Waals surface area (Å²) in [6.45, 7) is 2.75. The molecule has 0 aliphatic carbocycles. The van der Waals surface area contributed by atoms with Crippen LogP contribution in [0.4, 0.5) is 0 Å². The molecule has 15 heavy (non-hydrogen) atoms. The zero-order valence-corrected chi connectivity index (χ0v) is 9.07. The maximum atomic E-state index is 11.8. The number of nitrogens with zero attached hydrogens (tertiary/aromatic N) is 1. The molecule has 4 nitrogen and oxygen atoms in total. The van der Waals surface area contributed by atoms with E-state index < -0.39 is 11.6 Å². The third-order valence-electron chi connectivity index (χ3n) is 2.64. The Morgan fingerprint density at radius 3 is 3.00 bits per heavy atom. The van der Waals surface area contributed by atoms with Gasteiger partial charge in [-0.15, -0.1) is 12.3 Å². The SMILES string of the molecule is C#CCC(N)C(=O)N1CCCC(C)(O)C1. The van der Waals surface area contributed by atoms with E-state index >= 15 is 0 Å². The van der Waals surface area contributed by atoms with Gasteiger partial charge in [-0.3, -0.25) is 4.79 Å². The molecule has 0 spiro atoms. The van der Waals surface area contributed by atoms with Gasteiger partial charge in [-0.2, -0.15) is 0 Å². The fourth-order valence-corrected chi connectivity index (χ4v) is 1.86. The van der Waals surface area contributed by atoms with Gasteiger partial charge in [0, 0.05) is 19.5 Å². The largest absolute Gasteiger partial charge is 0.388 e. The average molecular weight is 210 g/mol. The first-order chi connectivity index (χ1) is 6.96. The van der Waals surface area contributed by atoms with Crippen LogP contribution < -0.4 is 5.73 Å². The van der Waals surface area contributed by atoms with Crippen LogP contribution >= 0.6 is 0 Å². The van der Waals surface area contributed by atoms with Crippen LogP contribution in [0.5, 0.6) is 0 Å². The molecule has 0 radical (unpaired) electrons. The van der Waals surface area contributed by atoms with E-state index in [9.17, 15) is 9.90 Å². The topological polar surface area (TPSA) is 66.6 Å². The lowest BCUT2D eigenvalue weighted by molar-refractivity contribution is -0.138. The lowest BCUT2D eigenvalue weighted by atomic mass is 9.94. The van der Waals surface area contributed by atoms with Crippen molar-refractivity contribution in [2.24, 2.45) is 5.73 Å². The summed E-state index contributed by atoms with van der Waals surface area (Å²) in [4.78, 5) is 13.4. The van der Waals surface area contributed by atoms with E-state index in [0.29, 0.717) is 13.1 Å². The number of hydrogen-bond donors (Lipinski definition) is 2. The molecule has 0 aromatic heterocycles. The van der Waals surface area contributed by atoms with Crippen LogP contribution in [-0.2, 0) is 4.79 Å². The molecule has 2 unspecified atom stereocenters. The minimum Gasteiger partial charge on any atom is -0.388 e. The summed E-state index contributed by atoms with van der Waals surface area (Å²) in [5.74, 6) is 2.21. The van der Waals surface area contributed by atoms with Crippen molar-refractivity contribution in [1.82, 2.24) is 4.90 Å². The van der Waals surface area contributed by atoms with Gasteiger partial charge in [-0.05, 0) is 19.8 Å². The van der Waals surface area contributed by atoms with Crippen molar-refractivity contribution in [3.05, 3.63) is 0 Å². The molecule has 0 bridgehead atoms.